The summed E-state index contributed by atoms with van der Waals surface area (Å²) < 4.78 is 12.0. The van der Waals surface area contributed by atoms with Gasteiger partial charge in [-0.3, -0.25) is 14.4 Å². The van der Waals surface area contributed by atoms with Crippen molar-refractivity contribution in [1.82, 2.24) is 5.32 Å². The molecule has 0 saturated heterocycles. The quantitative estimate of drug-likeness (QED) is 0.143. The molecule has 7 heteroatoms. The van der Waals surface area contributed by atoms with Crippen LogP contribution in [-0.4, -0.2) is 35.6 Å². The average molecular weight is 793 g/mol. The standard InChI is InChI=1S/C49H74ClNO5/c1-30(2)34-18-25-49(27-22-40(52)51-31(3)32-14-13-15-33(50)28-32)26-19-36-35(42(34)49)16-17-38-47(36,11)23-20-37-46(9,10)39(21-24-48(37,38)12)55-41(53)29-45(7,8)43(54)56-44(4,5)6/h14,22,27-28,30-31,35-39H,13,15-21,23-26,29H2,1-12H3,(H,51,52)/b27-22+. The van der Waals surface area contributed by atoms with E-state index in [9.17, 15) is 14.4 Å². The van der Waals surface area contributed by atoms with E-state index >= 15 is 0 Å². The second-order valence-corrected chi connectivity index (χ2v) is 22.5. The third-order valence-corrected chi connectivity index (χ3v) is 16.4. The lowest BCUT2D eigenvalue weighted by atomic mass is 9.36. The van der Waals surface area contributed by atoms with Crippen LogP contribution in [0.5, 0.6) is 0 Å². The van der Waals surface area contributed by atoms with Crippen molar-refractivity contribution < 1.29 is 23.9 Å². The zero-order chi connectivity index (χ0) is 41.2. The second-order valence-electron chi connectivity index (χ2n) is 22.0. The molecule has 0 aromatic heterocycles. The Morgan fingerprint density at radius 1 is 0.893 bits per heavy atom. The minimum Gasteiger partial charge on any atom is -0.462 e. The molecule has 6 aliphatic carbocycles. The summed E-state index contributed by atoms with van der Waals surface area (Å²) in [4.78, 5) is 39.9. The lowest BCUT2D eigenvalue weighted by Crippen LogP contribution is -2.63. The molecule has 6 nitrogen and oxygen atoms in total. The molecule has 0 bridgehead atoms. The summed E-state index contributed by atoms with van der Waals surface area (Å²) >= 11 is 6.34. The molecule has 0 spiro atoms. The van der Waals surface area contributed by atoms with Gasteiger partial charge in [-0.15, -0.1) is 0 Å². The fourth-order valence-corrected chi connectivity index (χ4v) is 13.7. The van der Waals surface area contributed by atoms with Gasteiger partial charge in [0.25, 0.3) is 0 Å². The minimum atomic E-state index is -0.953. The Morgan fingerprint density at radius 2 is 1.59 bits per heavy atom. The number of rotatable bonds is 9. The molecule has 1 amide bonds. The minimum absolute atomic E-state index is 0.0140. The first-order chi connectivity index (χ1) is 25.9. The van der Waals surface area contributed by atoms with Gasteiger partial charge in [-0.2, -0.15) is 0 Å². The molecule has 9 unspecified atom stereocenters. The Balaban J connectivity index is 1.18. The van der Waals surface area contributed by atoms with Crippen molar-refractivity contribution in [1.29, 1.82) is 0 Å². The topological polar surface area (TPSA) is 81.7 Å². The van der Waals surface area contributed by atoms with E-state index in [1.54, 1.807) is 25.0 Å². The molecule has 312 valence electrons. The van der Waals surface area contributed by atoms with Crippen molar-refractivity contribution in [2.45, 2.75) is 184 Å². The zero-order valence-corrected chi connectivity index (χ0v) is 37.7. The van der Waals surface area contributed by atoms with Gasteiger partial charge in [0.15, 0.2) is 0 Å². The molecular formula is C49H74ClNO5. The van der Waals surface area contributed by atoms with Gasteiger partial charge in [0, 0.05) is 15.9 Å². The van der Waals surface area contributed by atoms with Gasteiger partial charge in [0.2, 0.25) is 5.91 Å². The predicted octanol–water partition coefficient (Wildman–Crippen LogP) is 12.0. The van der Waals surface area contributed by atoms with Crippen LogP contribution < -0.4 is 5.32 Å². The van der Waals surface area contributed by atoms with Gasteiger partial charge in [0.1, 0.15) is 11.7 Å². The molecule has 0 aliphatic heterocycles. The monoisotopic (exact) mass is 792 g/mol. The summed E-state index contributed by atoms with van der Waals surface area (Å²) in [6.45, 7) is 25.8. The first-order valence-corrected chi connectivity index (χ1v) is 22.5. The molecule has 4 saturated carbocycles. The number of allylic oxidation sites excluding steroid dienone is 5. The van der Waals surface area contributed by atoms with Crippen LogP contribution in [0.3, 0.4) is 0 Å². The van der Waals surface area contributed by atoms with Crippen LogP contribution in [0.15, 0.2) is 46.1 Å². The van der Waals surface area contributed by atoms with Crippen LogP contribution >= 0.6 is 11.6 Å². The number of carbonyl (C=O) groups excluding carboxylic acids is 3. The first kappa shape index (κ1) is 43.2. The van der Waals surface area contributed by atoms with Gasteiger partial charge in [-0.05, 0) is 177 Å². The van der Waals surface area contributed by atoms with Crippen LogP contribution in [-0.2, 0) is 23.9 Å². The molecule has 0 radical (unpaired) electrons. The molecule has 1 N–H and O–H groups in total. The van der Waals surface area contributed by atoms with Crippen molar-refractivity contribution in [2.24, 2.45) is 56.7 Å². The zero-order valence-electron chi connectivity index (χ0n) is 37.0. The van der Waals surface area contributed by atoms with Crippen LogP contribution in [0, 0.1) is 56.7 Å². The van der Waals surface area contributed by atoms with Crippen LogP contribution in [0.1, 0.15) is 167 Å². The molecule has 6 rings (SSSR count). The molecular weight excluding hydrogens is 718 g/mol. The van der Waals surface area contributed by atoms with Gasteiger partial charge < -0.3 is 14.8 Å². The van der Waals surface area contributed by atoms with Crippen molar-refractivity contribution in [3.8, 4) is 0 Å². The van der Waals surface area contributed by atoms with E-state index in [4.69, 9.17) is 21.1 Å². The smallest absolute Gasteiger partial charge is 0.312 e. The number of ether oxygens (including phenoxy) is 2. The number of hydrogen-bond donors (Lipinski definition) is 1. The molecule has 0 aromatic carbocycles. The highest BCUT2D eigenvalue weighted by atomic mass is 35.5. The summed E-state index contributed by atoms with van der Waals surface area (Å²) in [5.41, 5.74) is 3.10. The molecule has 4 fully saturated rings. The molecule has 6 aliphatic rings. The van der Waals surface area contributed by atoms with Crippen molar-refractivity contribution >= 4 is 29.4 Å². The average Bonchev–Trinajstić information content (AvgIpc) is 3.48. The third kappa shape index (κ3) is 8.01. The highest BCUT2D eigenvalue weighted by Gasteiger charge is 2.66. The maximum Gasteiger partial charge on any atom is 0.312 e. The second kappa shape index (κ2) is 15.4. The number of carbonyl (C=O) groups is 3. The van der Waals surface area contributed by atoms with E-state index in [0.717, 1.165) is 62.0 Å². The summed E-state index contributed by atoms with van der Waals surface area (Å²) in [6, 6.07) is -0.0747. The Morgan fingerprint density at radius 3 is 2.25 bits per heavy atom. The largest absolute Gasteiger partial charge is 0.462 e. The Labute approximate surface area is 344 Å². The summed E-state index contributed by atoms with van der Waals surface area (Å²) in [7, 11) is 0. The van der Waals surface area contributed by atoms with Crippen LogP contribution in [0.4, 0.5) is 0 Å². The van der Waals surface area contributed by atoms with E-state index in [2.05, 4.69) is 65.9 Å². The molecule has 9 atom stereocenters. The van der Waals surface area contributed by atoms with E-state index in [-0.39, 0.29) is 58.1 Å². The Bertz CT molecular complexity index is 1690. The fourth-order valence-electron chi connectivity index (χ4n) is 13.5. The number of halogens is 1. The van der Waals surface area contributed by atoms with Gasteiger partial charge in [0.05, 0.1) is 17.9 Å². The SMILES string of the molecule is CC(C)C1=C2C3CCC4C(C)(CCC5C(C)(C)C(OC(=O)CC(C)(C)C(=O)OC(C)(C)C)CCC54C)C3CCC2(/C=C/C(=O)NC(C)C2=CCCC(Cl)=C2)CC1. The lowest BCUT2D eigenvalue weighted by molar-refractivity contribution is -0.213. The molecule has 56 heavy (non-hydrogen) atoms. The number of esters is 2. The van der Waals surface area contributed by atoms with Gasteiger partial charge in [-0.25, -0.2) is 0 Å². The predicted molar refractivity (Wildman–Crippen MR) is 227 cm³/mol. The van der Waals surface area contributed by atoms with E-state index < -0.39 is 11.0 Å². The number of fused-ring (bicyclic) bond motifs is 7. The first-order valence-electron chi connectivity index (χ1n) is 22.2. The van der Waals surface area contributed by atoms with Crippen molar-refractivity contribution in [3.05, 3.63) is 46.1 Å². The summed E-state index contributed by atoms with van der Waals surface area (Å²) in [6.07, 6.45) is 21.3. The Kier molecular flexibility index (Phi) is 11.9. The van der Waals surface area contributed by atoms with Gasteiger partial charge in [-0.1, -0.05) is 76.4 Å². The number of hydrogen-bond acceptors (Lipinski definition) is 5. The highest BCUT2D eigenvalue weighted by Crippen LogP contribution is 2.73. The highest BCUT2D eigenvalue weighted by molar-refractivity contribution is 6.29. The summed E-state index contributed by atoms with van der Waals surface area (Å²) in [5.74, 6) is 2.11. The third-order valence-electron chi connectivity index (χ3n) is 16.1. The lowest BCUT2D eigenvalue weighted by Gasteiger charge is -2.68. The maximum atomic E-state index is 13.5. The van der Waals surface area contributed by atoms with Crippen molar-refractivity contribution in [3.63, 3.8) is 0 Å². The van der Waals surface area contributed by atoms with Crippen molar-refractivity contribution in [2.75, 3.05) is 0 Å². The van der Waals surface area contributed by atoms with Gasteiger partial charge >= 0.3 is 11.9 Å². The molecule has 0 heterocycles. The normalized spacial score (nSPS) is 36.1. The number of amides is 1. The van der Waals surface area contributed by atoms with Crippen LogP contribution in [0.2, 0.25) is 0 Å². The van der Waals surface area contributed by atoms with E-state index in [0.29, 0.717) is 29.6 Å². The van der Waals surface area contributed by atoms with E-state index in [1.807, 2.05) is 32.9 Å². The fraction of sp³-hybridized carbons (Fsp3) is 0.776. The van der Waals surface area contributed by atoms with Crippen LogP contribution in [0.25, 0.3) is 0 Å². The molecule has 0 aromatic rings. The van der Waals surface area contributed by atoms with E-state index in [1.165, 1.54) is 25.7 Å². The Hall–Kier alpha value is -2.34. The maximum absolute atomic E-state index is 13.5. The summed E-state index contributed by atoms with van der Waals surface area (Å²) in [5, 5.41) is 4.09. The number of nitrogens with one attached hydrogen (secondary N) is 1.